The van der Waals surface area contributed by atoms with E-state index in [9.17, 15) is 9.82 Å². The third-order valence-corrected chi connectivity index (χ3v) is 6.85. The molecule has 2 rings (SSSR count). The van der Waals surface area contributed by atoms with Crippen molar-refractivity contribution in [1.29, 1.82) is 0 Å². The van der Waals surface area contributed by atoms with Crippen molar-refractivity contribution in [3.63, 3.8) is 0 Å². The number of esters is 1. The van der Waals surface area contributed by atoms with Crippen molar-refractivity contribution in [2.45, 2.75) is 72.9 Å². The van der Waals surface area contributed by atoms with Gasteiger partial charge in [-0.1, -0.05) is 55.8 Å². The van der Waals surface area contributed by atoms with Gasteiger partial charge in [0.05, 0.1) is 5.92 Å². The lowest BCUT2D eigenvalue weighted by Gasteiger charge is -2.31. The number of aryl methyl sites for hydroxylation is 1. The molecular weight excluding hydrogens is 417 g/mol. The molecule has 0 aromatic heterocycles. The summed E-state index contributed by atoms with van der Waals surface area (Å²) in [6.45, 7) is 12.4. The van der Waals surface area contributed by atoms with Crippen molar-refractivity contribution >= 4 is 28.9 Å². The van der Waals surface area contributed by atoms with E-state index in [0.717, 1.165) is 23.7 Å². The monoisotopic (exact) mass is 451 g/mol. The maximum absolute atomic E-state index is 12.3. The number of benzene rings is 1. The van der Waals surface area contributed by atoms with E-state index in [4.69, 9.17) is 4.74 Å². The van der Waals surface area contributed by atoms with Gasteiger partial charge in [0.25, 0.3) is 0 Å². The average Bonchev–Trinajstić information content (AvgIpc) is 2.98. The van der Waals surface area contributed by atoms with Crippen molar-refractivity contribution in [3.8, 4) is 0 Å². The molecule has 1 heterocycles. The van der Waals surface area contributed by atoms with Gasteiger partial charge in [0.2, 0.25) is 0 Å². The van der Waals surface area contributed by atoms with Gasteiger partial charge in [0.15, 0.2) is 0 Å². The first kappa shape index (κ1) is 23.4. The van der Waals surface area contributed by atoms with E-state index in [1.54, 1.807) is 6.82 Å². The summed E-state index contributed by atoms with van der Waals surface area (Å²) < 4.78 is 6.88. The molecule has 0 amide bonds. The number of hydrogen-bond acceptors (Lipinski definition) is 4. The van der Waals surface area contributed by atoms with Gasteiger partial charge in [-0.2, -0.15) is 0 Å². The molecule has 0 aliphatic carbocycles. The summed E-state index contributed by atoms with van der Waals surface area (Å²) >= 11 is 3.63. The van der Waals surface area contributed by atoms with Crippen LogP contribution in [0.25, 0.3) is 0 Å². The second-order valence-electron chi connectivity index (χ2n) is 9.04. The highest BCUT2D eigenvalue weighted by atomic mass is 79.9. The zero-order chi connectivity index (χ0) is 21.0. The Balaban J connectivity index is 2.15. The standard InChI is InChI=1S/C22H35BBrNO3/c1-13(2)17(9-16-8-7-15(5)19(24)10-16)11-20(25-23(6)27)21-12-18(14(3)4)22(26)28-21/h7-8,10,13-14,17-18,20-21,25,27H,9,11-12H2,1-6H3/t17-,18-,20-,21-/m0/s1. The second kappa shape index (κ2) is 10.3. The average molecular weight is 452 g/mol. The molecule has 2 N–H and O–H groups in total. The van der Waals surface area contributed by atoms with Gasteiger partial charge in [0, 0.05) is 10.5 Å². The summed E-state index contributed by atoms with van der Waals surface area (Å²) in [5.74, 6) is 1.03. The van der Waals surface area contributed by atoms with Crippen LogP contribution in [0.3, 0.4) is 0 Å². The van der Waals surface area contributed by atoms with E-state index in [1.807, 2.05) is 0 Å². The van der Waals surface area contributed by atoms with Crippen LogP contribution < -0.4 is 5.23 Å². The third-order valence-electron chi connectivity index (χ3n) is 6.00. The van der Waals surface area contributed by atoms with E-state index in [1.165, 1.54) is 11.1 Å². The van der Waals surface area contributed by atoms with E-state index in [2.05, 4.69) is 74.0 Å². The quantitative estimate of drug-likeness (QED) is 0.424. The lowest BCUT2D eigenvalue weighted by molar-refractivity contribution is -0.146. The van der Waals surface area contributed by atoms with E-state index < -0.39 is 7.05 Å². The van der Waals surface area contributed by atoms with E-state index >= 15 is 0 Å². The van der Waals surface area contributed by atoms with Gasteiger partial charge >= 0.3 is 13.0 Å². The van der Waals surface area contributed by atoms with Crippen LogP contribution in [-0.4, -0.2) is 30.2 Å². The highest BCUT2D eigenvalue weighted by molar-refractivity contribution is 9.10. The van der Waals surface area contributed by atoms with Crippen LogP contribution in [0.2, 0.25) is 6.82 Å². The molecule has 28 heavy (non-hydrogen) atoms. The Morgan fingerprint density at radius 1 is 1.32 bits per heavy atom. The third kappa shape index (κ3) is 6.33. The number of rotatable bonds is 9. The van der Waals surface area contributed by atoms with Crippen molar-refractivity contribution in [2.75, 3.05) is 0 Å². The van der Waals surface area contributed by atoms with Crippen LogP contribution in [0.15, 0.2) is 22.7 Å². The minimum Gasteiger partial charge on any atom is -0.460 e. The highest BCUT2D eigenvalue weighted by Gasteiger charge is 2.41. The Hall–Kier alpha value is -0.845. The van der Waals surface area contributed by atoms with Crippen LogP contribution in [0.1, 0.15) is 51.7 Å². The summed E-state index contributed by atoms with van der Waals surface area (Å²) in [7, 11) is -0.636. The lowest BCUT2D eigenvalue weighted by Crippen LogP contribution is -2.48. The van der Waals surface area contributed by atoms with Crippen molar-refractivity contribution in [3.05, 3.63) is 33.8 Å². The Kier molecular flexibility index (Phi) is 8.59. The van der Waals surface area contributed by atoms with Gasteiger partial charge in [-0.05, 0) is 68.0 Å². The molecule has 1 aromatic carbocycles. The molecule has 1 aliphatic rings. The Bertz CT molecular complexity index is 665. The SMILES string of the molecule is CB(O)N[C@@H](C[C@H](Cc1ccc(C)c(Br)c1)C(C)C)[C@@H]1C[C@@H](C(C)C)C(=O)O1. The lowest BCUT2D eigenvalue weighted by atomic mass is 9.78. The van der Waals surface area contributed by atoms with Gasteiger partial charge in [-0.25, -0.2) is 0 Å². The molecule has 0 spiro atoms. The molecule has 6 heteroatoms. The van der Waals surface area contributed by atoms with Gasteiger partial charge in [-0.15, -0.1) is 0 Å². The van der Waals surface area contributed by atoms with Crippen LogP contribution in [-0.2, 0) is 16.0 Å². The van der Waals surface area contributed by atoms with E-state index in [0.29, 0.717) is 11.8 Å². The molecule has 0 saturated carbocycles. The molecule has 1 aliphatic heterocycles. The number of carbonyl (C=O) groups is 1. The zero-order valence-corrected chi connectivity index (χ0v) is 19.6. The Morgan fingerprint density at radius 3 is 2.50 bits per heavy atom. The predicted molar refractivity (Wildman–Crippen MR) is 119 cm³/mol. The normalized spacial score (nSPS) is 21.9. The number of cyclic esters (lactones) is 1. The van der Waals surface area contributed by atoms with Crippen LogP contribution >= 0.6 is 15.9 Å². The van der Waals surface area contributed by atoms with Gasteiger partial charge < -0.3 is 15.0 Å². The van der Waals surface area contributed by atoms with Gasteiger partial charge in [-0.3, -0.25) is 4.79 Å². The molecule has 156 valence electrons. The molecule has 4 nitrogen and oxygen atoms in total. The fraction of sp³-hybridized carbons (Fsp3) is 0.682. The van der Waals surface area contributed by atoms with Crippen molar-refractivity contribution in [1.82, 2.24) is 5.23 Å². The van der Waals surface area contributed by atoms with Crippen molar-refractivity contribution < 1.29 is 14.6 Å². The summed E-state index contributed by atoms with van der Waals surface area (Å²) in [6.07, 6.45) is 2.36. The second-order valence-corrected chi connectivity index (χ2v) is 9.89. The van der Waals surface area contributed by atoms with Crippen molar-refractivity contribution in [2.24, 2.45) is 23.7 Å². The van der Waals surface area contributed by atoms with Crippen LogP contribution in [0, 0.1) is 30.6 Å². The number of ether oxygens (including phenoxy) is 1. The summed E-state index contributed by atoms with van der Waals surface area (Å²) in [6, 6.07) is 6.49. The highest BCUT2D eigenvalue weighted by Crippen LogP contribution is 2.33. The Morgan fingerprint density at radius 2 is 2.00 bits per heavy atom. The molecule has 0 bridgehead atoms. The molecule has 1 fully saturated rings. The number of carbonyl (C=O) groups excluding carboxylic acids is 1. The zero-order valence-electron chi connectivity index (χ0n) is 18.0. The largest absolute Gasteiger partial charge is 0.460 e. The fourth-order valence-electron chi connectivity index (χ4n) is 4.04. The predicted octanol–water partition coefficient (Wildman–Crippen LogP) is 4.62. The molecule has 0 radical (unpaired) electrons. The summed E-state index contributed by atoms with van der Waals surface area (Å²) in [5, 5.41) is 13.2. The van der Waals surface area contributed by atoms with Crippen LogP contribution in [0.4, 0.5) is 0 Å². The number of nitrogens with one attached hydrogen (secondary N) is 1. The Labute approximate surface area is 179 Å². The summed E-state index contributed by atoms with van der Waals surface area (Å²) in [4.78, 5) is 12.3. The minimum atomic E-state index is -0.636. The van der Waals surface area contributed by atoms with Crippen LogP contribution in [0.5, 0.6) is 0 Å². The number of hydrogen-bond donors (Lipinski definition) is 2. The minimum absolute atomic E-state index is 0.0472. The fourth-order valence-corrected chi connectivity index (χ4v) is 4.47. The smallest absolute Gasteiger partial charge is 0.373 e. The maximum atomic E-state index is 12.3. The first-order chi connectivity index (χ1) is 13.1. The van der Waals surface area contributed by atoms with Gasteiger partial charge in [0.1, 0.15) is 6.10 Å². The number of halogens is 1. The summed E-state index contributed by atoms with van der Waals surface area (Å²) in [5.41, 5.74) is 2.53. The topological polar surface area (TPSA) is 58.6 Å². The maximum Gasteiger partial charge on any atom is 0.373 e. The van der Waals surface area contributed by atoms with E-state index in [-0.39, 0.29) is 30.0 Å². The first-order valence-electron chi connectivity index (χ1n) is 10.5. The first-order valence-corrected chi connectivity index (χ1v) is 11.3. The molecule has 4 atom stereocenters. The molecule has 1 aromatic rings. The molecule has 1 saturated heterocycles. The molecular formula is C22H35BBrNO3. The molecule has 0 unspecified atom stereocenters.